The van der Waals surface area contributed by atoms with Crippen LogP contribution in [0.3, 0.4) is 0 Å². The first kappa shape index (κ1) is 16.8. The molecule has 118 valence electrons. The van der Waals surface area contributed by atoms with Gasteiger partial charge in [0.05, 0.1) is 0 Å². The monoisotopic (exact) mass is 341 g/mol. The minimum absolute atomic E-state index is 0. The highest BCUT2D eigenvalue weighted by Crippen LogP contribution is 2.23. The molecule has 2 N–H and O–H groups in total. The summed E-state index contributed by atoms with van der Waals surface area (Å²) in [4.78, 5) is 12.0. The first-order valence-corrected chi connectivity index (χ1v) is 7.34. The van der Waals surface area contributed by atoms with Gasteiger partial charge < -0.3 is 15.2 Å². The number of amides is 1. The molecule has 0 radical (unpaired) electrons. The van der Waals surface area contributed by atoms with Crippen LogP contribution in [0.25, 0.3) is 11.3 Å². The maximum absolute atomic E-state index is 12.0. The average Bonchev–Trinajstić information content (AvgIpc) is 3.16. The number of hydrogen-bond acceptors (Lipinski definition) is 4. The zero-order chi connectivity index (χ0) is 14.7. The third-order valence-electron chi connectivity index (χ3n) is 3.52. The molecule has 1 aromatic heterocycles. The third kappa shape index (κ3) is 4.00. The number of nitrogens with zero attached hydrogens (tertiary/aromatic N) is 1. The second-order valence-corrected chi connectivity index (χ2v) is 5.53. The molecule has 0 spiro atoms. The number of benzene rings is 1. The highest BCUT2D eigenvalue weighted by atomic mass is 35.5. The average molecular weight is 342 g/mol. The summed E-state index contributed by atoms with van der Waals surface area (Å²) in [7, 11) is 0. The summed E-state index contributed by atoms with van der Waals surface area (Å²) < 4.78 is 5.21. The van der Waals surface area contributed by atoms with Crippen LogP contribution in [0.1, 0.15) is 23.3 Å². The second kappa shape index (κ2) is 7.63. The lowest BCUT2D eigenvalue weighted by molar-refractivity contribution is 0.0941. The van der Waals surface area contributed by atoms with Gasteiger partial charge in [-0.05, 0) is 31.5 Å². The van der Waals surface area contributed by atoms with Crippen LogP contribution in [0.2, 0.25) is 5.02 Å². The van der Waals surface area contributed by atoms with E-state index in [9.17, 15) is 4.79 Å². The first-order chi connectivity index (χ1) is 10.2. The molecule has 7 heteroatoms. The molecule has 1 atom stereocenters. The topological polar surface area (TPSA) is 67.2 Å². The van der Waals surface area contributed by atoms with E-state index in [4.69, 9.17) is 16.1 Å². The summed E-state index contributed by atoms with van der Waals surface area (Å²) in [6.07, 6.45) is 2.25. The molecule has 1 aliphatic rings. The van der Waals surface area contributed by atoms with E-state index in [1.54, 1.807) is 18.2 Å². The fraction of sp³-hybridized carbons (Fsp3) is 0.333. The van der Waals surface area contributed by atoms with E-state index in [0.717, 1.165) is 24.9 Å². The Balaban J connectivity index is 0.00000176. The van der Waals surface area contributed by atoms with Gasteiger partial charge in [0.1, 0.15) is 0 Å². The molecule has 2 heterocycles. The molecule has 3 rings (SSSR count). The Kier molecular flexibility index (Phi) is 5.83. The molecule has 2 aromatic rings. The molecule has 1 unspecified atom stereocenters. The smallest absolute Gasteiger partial charge is 0.273 e. The summed E-state index contributed by atoms with van der Waals surface area (Å²) in [5, 5.41) is 10.6. The number of rotatable bonds is 4. The molecule has 1 saturated heterocycles. The summed E-state index contributed by atoms with van der Waals surface area (Å²) in [5.41, 5.74) is 1.08. The standard InChI is InChI=1S/C15H16ClN3O2.ClH/c16-11-4-1-3-10(7-11)14-8-13(19-21-14)15(20)18-9-12-5-2-6-17-12;/h1,3-4,7-8,12,17H,2,5-6,9H2,(H,18,20);1H. The molecule has 22 heavy (non-hydrogen) atoms. The minimum atomic E-state index is -0.222. The lowest BCUT2D eigenvalue weighted by Gasteiger charge is -2.09. The number of aromatic nitrogens is 1. The number of carbonyl (C=O) groups is 1. The normalized spacial score (nSPS) is 17.0. The van der Waals surface area contributed by atoms with E-state index in [2.05, 4.69) is 15.8 Å². The third-order valence-corrected chi connectivity index (χ3v) is 3.76. The van der Waals surface area contributed by atoms with Crippen LogP contribution in [0.4, 0.5) is 0 Å². The molecule has 1 amide bonds. The van der Waals surface area contributed by atoms with Crippen LogP contribution in [0.15, 0.2) is 34.9 Å². The SMILES string of the molecule is Cl.O=C(NCC1CCCN1)c1cc(-c2cccc(Cl)c2)on1. The van der Waals surface area contributed by atoms with E-state index in [1.807, 2.05) is 12.1 Å². The fourth-order valence-corrected chi connectivity index (χ4v) is 2.59. The van der Waals surface area contributed by atoms with Crippen LogP contribution in [0.5, 0.6) is 0 Å². The predicted octanol–water partition coefficient (Wildman–Crippen LogP) is 2.90. The Morgan fingerprint density at radius 3 is 3.05 bits per heavy atom. The summed E-state index contributed by atoms with van der Waals surface area (Å²) in [6, 6.07) is 9.22. The summed E-state index contributed by atoms with van der Waals surface area (Å²) in [5.74, 6) is 0.308. The van der Waals surface area contributed by atoms with Crippen LogP contribution in [-0.2, 0) is 0 Å². The van der Waals surface area contributed by atoms with Crippen molar-refractivity contribution in [2.24, 2.45) is 0 Å². The quantitative estimate of drug-likeness (QED) is 0.897. The van der Waals surface area contributed by atoms with Crippen molar-refractivity contribution in [2.45, 2.75) is 18.9 Å². The van der Waals surface area contributed by atoms with Crippen LogP contribution < -0.4 is 10.6 Å². The van der Waals surface area contributed by atoms with E-state index < -0.39 is 0 Å². The van der Waals surface area contributed by atoms with Crippen molar-refractivity contribution < 1.29 is 9.32 Å². The van der Waals surface area contributed by atoms with Crippen molar-refractivity contribution in [3.8, 4) is 11.3 Å². The Labute approximate surface area is 139 Å². The Morgan fingerprint density at radius 1 is 1.45 bits per heavy atom. The van der Waals surface area contributed by atoms with Gasteiger partial charge in [0, 0.05) is 29.2 Å². The predicted molar refractivity (Wildman–Crippen MR) is 87.6 cm³/mol. The second-order valence-electron chi connectivity index (χ2n) is 5.09. The zero-order valence-electron chi connectivity index (χ0n) is 11.8. The van der Waals surface area contributed by atoms with Gasteiger partial charge in [0.25, 0.3) is 5.91 Å². The van der Waals surface area contributed by atoms with Crippen molar-refractivity contribution >= 4 is 29.9 Å². The van der Waals surface area contributed by atoms with E-state index in [1.165, 1.54) is 0 Å². The largest absolute Gasteiger partial charge is 0.355 e. The summed E-state index contributed by atoms with van der Waals surface area (Å²) >= 11 is 5.94. The zero-order valence-corrected chi connectivity index (χ0v) is 13.4. The number of nitrogens with one attached hydrogen (secondary N) is 2. The van der Waals surface area contributed by atoms with Gasteiger partial charge in [-0.3, -0.25) is 4.79 Å². The number of halogens is 2. The molecule has 1 fully saturated rings. The first-order valence-electron chi connectivity index (χ1n) is 6.96. The van der Waals surface area contributed by atoms with Crippen LogP contribution in [-0.4, -0.2) is 30.2 Å². The molecular formula is C15H17Cl2N3O2. The highest BCUT2D eigenvalue weighted by Gasteiger charge is 2.17. The van der Waals surface area contributed by atoms with Crippen molar-refractivity contribution in [3.63, 3.8) is 0 Å². The van der Waals surface area contributed by atoms with Crippen LogP contribution in [0, 0.1) is 0 Å². The molecule has 5 nitrogen and oxygen atoms in total. The van der Waals surface area contributed by atoms with Crippen molar-refractivity contribution in [2.75, 3.05) is 13.1 Å². The molecular weight excluding hydrogens is 325 g/mol. The highest BCUT2D eigenvalue weighted by molar-refractivity contribution is 6.30. The molecule has 1 aliphatic heterocycles. The van der Waals surface area contributed by atoms with Crippen LogP contribution >= 0.6 is 24.0 Å². The van der Waals surface area contributed by atoms with E-state index in [-0.39, 0.29) is 24.0 Å². The molecule has 0 bridgehead atoms. The van der Waals surface area contributed by atoms with Gasteiger partial charge in [-0.2, -0.15) is 0 Å². The van der Waals surface area contributed by atoms with Crippen molar-refractivity contribution in [3.05, 3.63) is 41.0 Å². The minimum Gasteiger partial charge on any atom is -0.355 e. The van der Waals surface area contributed by atoms with Gasteiger partial charge >= 0.3 is 0 Å². The lowest BCUT2D eigenvalue weighted by Crippen LogP contribution is -2.37. The number of hydrogen-bond donors (Lipinski definition) is 2. The van der Waals surface area contributed by atoms with Gasteiger partial charge in [0.2, 0.25) is 0 Å². The lowest BCUT2D eigenvalue weighted by atomic mass is 10.1. The van der Waals surface area contributed by atoms with Crippen molar-refractivity contribution in [1.29, 1.82) is 0 Å². The van der Waals surface area contributed by atoms with Gasteiger partial charge in [0.15, 0.2) is 11.5 Å². The van der Waals surface area contributed by atoms with Crippen molar-refractivity contribution in [1.82, 2.24) is 15.8 Å². The molecule has 0 saturated carbocycles. The maximum Gasteiger partial charge on any atom is 0.273 e. The molecule has 1 aromatic carbocycles. The fourth-order valence-electron chi connectivity index (χ4n) is 2.40. The van der Waals surface area contributed by atoms with E-state index in [0.29, 0.717) is 23.4 Å². The molecule has 0 aliphatic carbocycles. The Bertz CT molecular complexity index is 639. The maximum atomic E-state index is 12.0. The summed E-state index contributed by atoms with van der Waals surface area (Å²) in [6.45, 7) is 1.63. The van der Waals surface area contributed by atoms with E-state index >= 15 is 0 Å². The van der Waals surface area contributed by atoms with Gasteiger partial charge in [-0.1, -0.05) is 28.9 Å². The Hall–Kier alpha value is -1.56. The Morgan fingerprint density at radius 2 is 2.32 bits per heavy atom. The van der Waals surface area contributed by atoms with Gasteiger partial charge in [-0.15, -0.1) is 12.4 Å². The number of carbonyl (C=O) groups excluding carboxylic acids is 1. The van der Waals surface area contributed by atoms with Gasteiger partial charge in [-0.25, -0.2) is 0 Å².